The fraction of sp³-hybridized carbons (Fsp3) is 0.286. The Kier molecular flexibility index (Phi) is 4.22. The van der Waals surface area contributed by atoms with Crippen molar-refractivity contribution in [2.24, 2.45) is 0 Å². The molecule has 0 radical (unpaired) electrons. The molecule has 0 bridgehead atoms. The first-order valence-electron chi connectivity index (χ1n) is 5.82. The van der Waals surface area contributed by atoms with Crippen LogP contribution in [-0.2, 0) is 13.1 Å². The maximum absolute atomic E-state index is 5.57. The Labute approximate surface area is 101 Å². The summed E-state index contributed by atoms with van der Waals surface area (Å²) in [5.41, 5.74) is 2.33. The Bertz CT molecular complexity index is 437. The second-order valence-corrected chi connectivity index (χ2v) is 3.78. The summed E-state index contributed by atoms with van der Waals surface area (Å²) >= 11 is 0. The molecule has 0 aliphatic carbocycles. The first-order chi connectivity index (χ1) is 8.40. The van der Waals surface area contributed by atoms with Gasteiger partial charge in [-0.15, -0.1) is 0 Å². The van der Waals surface area contributed by atoms with Crippen LogP contribution < -0.4 is 10.1 Å². The zero-order valence-electron chi connectivity index (χ0n) is 9.98. The van der Waals surface area contributed by atoms with Crippen molar-refractivity contribution in [3.8, 4) is 5.75 Å². The van der Waals surface area contributed by atoms with E-state index >= 15 is 0 Å². The highest BCUT2D eigenvalue weighted by atomic mass is 16.5. The summed E-state index contributed by atoms with van der Waals surface area (Å²) in [7, 11) is 0. The fourth-order valence-corrected chi connectivity index (χ4v) is 1.68. The monoisotopic (exact) mass is 231 g/mol. The van der Waals surface area contributed by atoms with Gasteiger partial charge in [0.05, 0.1) is 19.1 Å². The van der Waals surface area contributed by atoms with Crippen LogP contribution in [0.25, 0.3) is 0 Å². The largest absolute Gasteiger partial charge is 0.494 e. The van der Waals surface area contributed by atoms with Crippen molar-refractivity contribution in [3.05, 3.63) is 54.0 Å². The highest BCUT2D eigenvalue weighted by molar-refractivity contribution is 5.33. The summed E-state index contributed by atoms with van der Waals surface area (Å²) in [5, 5.41) is 3.36. The van der Waals surface area contributed by atoms with Crippen LogP contribution in [-0.4, -0.2) is 6.61 Å². The Morgan fingerprint density at radius 3 is 2.82 bits per heavy atom. The lowest BCUT2D eigenvalue weighted by molar-refractivity contribution is 0.335. The van der Waals surface area contributed by atoms with Crippen LogP contribution in [0.2, 0.25) is 0 Å². The van der Waals surface area contributed by atoms with E-state index in [0.717, 1.165) is 24.4 Å². The molecule has 2 rings (SSSR count). The predicted molar refractivity (Wildman–Crippen MR) is 66.9 cm³/mol. The first kappa shape index (κ1) is 11.7. The van der Waals surface area contributed by atoms with Crippen LogP contribution >= 0.6 is 0 Å². The Morgan fingerprint density at radius 2 is 2.06 bits per heavy atom. The van der Waals surface area contributed by atoms with E-state index in [4.69, 9.17) is 9.15 Å². The van der Waals surface area contributed by atoms with E-state index in [1.54, 1.807) is 12.5 Å². The second-order valence-electron chi connectivity index (χ2n) is 3.78. The van der Waals surface area contributed by atoms with E-state index in [9.17, 15) is 0 Å². The molecule has 0 saturated heterocycles. The van der Waals surface area contributed by atoms with Gasteiger partial charge in [-0.25, -0.2) is 0 Å². The average molecular weight is 231 g/mol. The van der Waals surface area contributed by atoms with Crippen LogP contribution in [0.5, 0.6) is 5.75 Å². The number of hydrogen-bond donors (Lipinski definition) is 1. The molecular formula is C14H17NO2. The molecule has 90 valence electrons. The summed E-state index contributed by atoms with van der Waals surface area (Å²) in [6, 6.07) is 10.1. The molecule has 0 amide bonds. The normalized spacial score (nSPS) is 10.4. The number of para-hydroxylation sites is 1. The van der Waals surface area contributed by atoms with Crippen molar-refractivity contribution in [2.75, 3.05) is 6.61 Å². The van der Waals surface area contributed by atoms with Gasteiger partial charge in [0.25, 0.3) is 0 Å². The van der Waals surface area contributed by atoms with Crippen LogP contribution in [0.15, 0.2) is 47.3 Å². The van der Waals surface area contributed by atoms with Crippen LogP contribution in [0.1, 0.15) is 18.1 Å². The molecule has 0 atom stereocenters. The topological polar surface area (TPSA) is 34.4 Å². The quantitative estimate of drug-likeness (QED) is 0.830. The van der Waals surface area contributed by atoms with Crippen molar-refractivity contribution < 1.29 is 9.15 Å². The van der Waals surface area contributed by atoms with Crippen molar-refractivity contribution in [3.63, 3.8) is 0 Å². The lowest BCUT2D eigenvalue weighted by atomic mass is 10.2. The van der Waals surface area contributed by atoms with Gasteiger partial charge in [-0.1, -0.05) is 18.2 Å². The molecular weight excluding hydrogens is 214 g/mol. The maximum Gasteiger partial charge on any atom is 0.123 e. The molecule has 1 N–H and O–H groups in total. The molecule has 3 heteroatoms. The van der Waals surface area contributed by atoms with Crippen molar-refractivity contribution in [1.29, 1.82) is 0 Å². The Balaban J connectivity index is 1.89. The van der Waals surface area contributed by atoms with Gasteiger partial charge < -0.3 is 14.5 Å². The molecule has 0 saturated carbocycles. The SMILES string of the molecule is CCOc1ccccc1CNCc1ccoc1. The number of benzene rings is 1. The standard InChI is InChI=1S/C14H17NO2/c1-2-17-14-6-4-3-5-13(14)10-15-9-12-7-8-16-11-12/h3-8,11,15H,2,9-10H2,1H3. The Morgan fingerprint density at radius 1 is 1.18 bits per heavy atom. The molecule has 0 spiro atoms. The number of rotatable bonds is 6. The van der Waals surface area contributed by atoms with Crippen LogP contribution in [0.3, 0.4) is 0 Å². The smallest absolute Gasteiger partial charge is 0.123 e. The second kappa shape index (κ2) is 6.11. The average Bonchev–Trinajstić information content (AvgIpc) is 2.85. The van der Waals surface area contributed by atoms with Gasteiger partial charge in [-0.2, -0.15) is 0 Å². The highest BCUT2D eigenvalue weighted by Gasteiger charge is 2.01. The summed E-state index contributed by atoms with van der Waals surface area (Å²) < 4.78 is 10.6. The third-order valence-corrected chi connectivity index (χ3v) is 2.50. The first-order valence-corrected chi connectivity index (χ1v) is 5.82. The fourth-order valence-electron chi connectivity index (χ4n) is 1.68. The zero-order valence-corrected chi connectivity index (χ0v) is 9.98. The Hall–Kier alpha value is -1.74. The van der Waals surface area contributed by atoms with E-state index in [0.29, 0.717) is 6.61 Å². The summed E-state index contributed by atoms with van der Waals surface area (Å²) in [6.45, 7) is 4.28. The van der Waals surface area contributed by atoms with Crippen molar-refractivity contribution >= 4 is 0 Å². The molecule has 1 aromatic carbocycles. The summed E-state index contributed by atoms with van der Waals surface area (Å²) in [6.07, 6.45) is 3.44. The van der Waals surface area contributed by atoms with Crippen molar-refractivity contribution in [1.82, 2.24) is 5.32 Å². The van der Waals surface area contributed by atoms with Gasteiger partial charge >= 0.3 is 0 Å². The number of furan rings is 1. The van der Waals surface area contributed by atoms with Gasteiger partial charge in [0, 0.05) is 24.2 Å². The van der Waals surface area contributed by atoms with E-state index in [2.05, 4.69) is 11.4 Å². The molecule has 2 aromatic rings. The molecule has 0 aliphatic rings. The lowest BCUT2D eigenvalue weighted by Gasteiger charge is -2.10. The van der Waals surface area contributed by atoms with Gasteiger partial charge in [-0.05, 0) is 19.1 Å². The minimum Gasteiger partial charge on any atom is -0.494 e. The molecule has 0 fully saturated rings. The minimum absolute atomic E-state index is 0.693. The molecule has 0 unspecified atom stereocenters. The molecule has 1 aromatic heterocycles. The van der Waals surface area contributed by atoms with Crippen LogP contribution in [0.4, 0.5) is 0 Å². The molecule has 3 nitrogen and oxygen atoms in total. The van der Waals surface area contributed by atoms with E-state index in [-0.39, 0.29) is 0 Å². The van der Waals surface area contributed by atoms with Gasteiger partial charge in [-0.3, -0.25) is 0 Å². The highest BCUT2D eigenvalue weighted by Crippen LogP contribution is 2.17. The third kappa shape index (κ3) is 3.36. The van der Waals surface area contributed by atoms with Gasteiger partial charge in [0.1, 0.15) is 5.75 Å². The zero-order chi connectivity index (χ0) is 11.9. The van der Waals surface area contributed by atoms with Crippen LogP contribution in [0, 0.1) is 0 Å². The number of nitrogens with one attached hydrogen (secondary N) is 1. The third-order valence-electron chi connectivity index (χ3n) is 2.50. The maximum atomic E-state index is 5.57. The summed E-state index contributed by atoms with van der Waals surface area (Å²) in [5.74, 6) is 0.953. The molecule has 1 heterocycles. The lowest BCUT2D eigenvalue weighted by Crippen LogP contribution is -2.13. The summed E-state index contributed by atoms with van der Waals surface area (Å²) in [4.78, 5) is 0. The minimum atomic E-state index is 0.693. The van der Waals surface area contributed by atoms with Gasteiger partial charge in [0.15, 0.2) is 0 Å². The molecule has 0 aliphatic heterocycles. The van der Waals surface area contributed by atoms with E-state index in [1.807, 2.05) is 31.2 Å². The van der Waals surface area contributed by atoms with E-state index in [1.165, 1.54) is 5.56 Å². The number of ether oxygens (including phenoxy) is 1. The van der Waals surface area contributed by atoms with Crippen molar-refractivity contribution in [2.45, 2.75) is 20.0 Å². The molecule has 17 heavy (non-hydrogen) atoms. The van der Waals surface area contributed by atoms with Gasteiger partial charge in [0.2, 0.25) is 0 Å². The number of hydrogen-bond acceptors (Lipinski definition) is 3. The van der Waals surface area contributed by atoms with E-state index < -0.39 is 0 Å². The predicted octanol–water partition coefficient (Wildman–Crippen LogP) is 2.97.